The summed E-state index contributed by atoms with van der Waals surface area (Å²) in [6.45, 7) is -0.457. The van der Waals surface area contributed by atoms with Crippen LogP contribution in [0.4, 0.5) is 0 Å². The van der Waals surface area contributed by atoms with E-state index in [4.69, 9.17) is 17.2 Å². The van der Waals surface area contributed by atoms with Gasteiger partial charge < -0.3 is 74.6 Å². The number of carboxylic acids is 2. The van der Waals surface area contributed by atoms with Gasteiger partial charge in [-0.05, 0) is 55.4 Å². The lowest BCUT2D eigenvalue weighted by molar-refractivity contribution is -0.143. The summed E-state index contributed by atoms with van der Waals surface area (Å²) in [6, 6.07) is 3.86. The molecule has 402 valence electrons. The Balaban J connectivity index is 1.68. The third-order valence-corrected chi connectivity index (χ3v) is 13.8. The van der Waals surface area contributed by atoms with Crippen molar-refractivity contribution >= 4 is 92.7 Å². The highest BCUT2D eigenvalue weighted by Crippen LogP contribution is 2.26. The predicted octanol–water partition coefficient (Wildman–Crippen LogP) is -3.14. The van der Waals surface area contributed by atoms with Crippen LogP contribution in [0, 0.1) is 0 Å². The molecule has 2 heterocycles. The molecule has 26 nitrogen and oxygen atoms in total. The first-order valence-corrected chi connectivity index (χ1v) is 25.9. The Labute approximate surface area is 432 Å². The molecule has 0 saturated carbocycles. The number of phenolic OH excluding ortho intramolecular Hbond substituents is 1. The van der Waals surface area contributed by atoms with Crippen LogP contribution in [0.2, 0.25) is 0 Å². The van der Waals surface area contributed by atoms with Crippen LogP contribution in [0.15, 0.2) is 59.6 Å². The molecule has 9 amide bonds. The zero-order valence-corrected chi connectivity index (χ0v) is 41.8. The summed E-state index contributed by atoms with van der Waals surface area (Å²) >= 11 is 0. The van der Waals surface area contributed by atoms with Gasteiger partial charge in [0.1, 0.15) is 48.0 Å². The van der Waals surface area contributed by atoms with Crippen molar-refractivity contribution in [1.29, 1.82) is 0 Å². The highest BCUT2D eigenvalue weighted by Gasteiger charge is 2.40. The van der Waals surface area contributed by atoms with E-state index < -0.39 is 133 Å². The number of amides is 9. The minimum Gasteiger partial charge on any atom is -0.508 e. The summed E-state index contributed by atoms with van der Waals surface area (Å²) in [5, 5.41) is 46.9. The molecule has 16 N–H and O–H groups in total. The zero-order valence-electron chi connectivity index (χ0n) is 40.1. The number of benzene rings is 2. The largest absolute Gasteiger partial charge is 0.508 e. The predicted molar refractivity (Wildman–Crippen MR) is 269 cm³/mol. The van der Waals surface area contributed by atoms with Crippen LogP contribution in [-0.2, 0) is 65.6 Å². The van der Waals surface area contributed by atoms with Gasteiger partial charge in [0, 0.05) is 50.3 Å². The Kier molecular flexibility index (Phi) is 23.7. The van der Waals surface area contributed by atoms with Crippen LogP contribution in [0.5, 0.6) is 5.75 Å². The summed E-state index contributed by atoms with van der Waals surface area (Å²) in [5.74, 6) is -11.3. The van der Waals surface area contributed by atoms with E-state index in [1.165, 1.54) is 29.2 Å². The number of nitrogens with one attached hydrogen (secondary N) is 7. The molecule has 0 radical (unpaired) electrons. The molecule has 74 heavy (non-hydrogen) atoms. The molecule has 2 aliphatic rings. The van der Waals surface area contributed by atoms with Crippen molar-refractivity contribution in [3.8, 4) is 5.75 Å². The summed E-state index contributed by atoms with van der Waals surface area (Å²) in [4.78, 5) is 152. The number of phenols is 1. The van der Waals surface area contributed by atoms with E-state index >= 15 is 0 Å². The molecule has 4 rings (SSSR count). The van der Waals surface area contributed by atoms with Gasteiger partial charge in [-0.3, -0.25) is 57.7 Å². The number of carbonyl (C=O) groups is 11. The van der Waals surface area contributed by atoms with Gasteiger partial charge in [-0.2, -0.15) is 0 Å². The zero-order chi connectivity index (χ0) is 54.3. The molecule has 0 unspecified atom stereocenters. The van der Waals surface area contributed by atoms with Crippen molar-refractivity contribution in [1.82, 2.24) is 42.1 Å². The maximum absolute atomic E-state index is 14.5. The van der Waals surface area contributed by atoms with Gasteiger partial charge in [-0.15, -0.1) is 0 Å². The Bertz CT molecular complexity index is 2380. The topological polar surface area (TPSA) is 426 Å². The van der Waals surface area contributed by atoms with E-state index in [1.54, 1.807) is 30.3 Å². The maximum Gasteiger partial charge on any atom is 0.305 e. The van der Waals surface area contributed by atoms with Gasteiger partial charge in [-0.25, -0.2) is 0 Å². The van der Waals surface area contributed by atoms with Crippen molar-refractivity contribution in [2.45, 2.75) is 107 Å². The highest BCUT2D eigenvalue weighted by atomic mass is 33.1. The van der Waals surface area contributed by atoms with Crippen LogP contribution in [0.25, 0.3) is 0 Å². The number of nitrogens with two attached hydrogens (primary N) is 3. The number of aliphatic imine (C=N–C) groups is 1. The number of guanidine groups is 1. The lowest BCUT2D eigenvalue weighted by atomic mass is 10.0. The van der Waals surface area contributed by atoms with Crippen molar-refractivity contribution in [3.63, 3.8) is 0 Å². The van der Waals surface area contributed by atoms with Crippen molar-refractivity contribution in [2.24, 2.45) is 22.2 Å². The lowest BCUT2D eigenvalue weighted by Gasteiger charge is -2.30. The molecule has 0 aromatic heterocycles. The number of likely N-dealkylation sites (tertiary alicyclic amines) is 1. The van der Waals surface area contributed by atoms with E-state index in [0.717, 1.165) is 21.6 Å². The number of primary amides is 1. The number of hydrogen-bond acceptors (Lipinski definition) is 15. The molecule has 0 bridgehead atoms. The normalized spacial score (nSPS) is 21.7. The first kappa shape index (κ1) is 58.9. The summed E-state index contributed by atoms with van der Waals surface area (Å²) in [6.07, 6.45) is -2.16. The fraction of sp³-hybridized carbons (Fsp3) is 0.478. The molecule has 0 aliphatic carbocycles. The van der Waals surface area contributed by atoms with Crippen molar-refractivity contribution < 1.29 is 68.1 Å². The molecule has 2 aliphatic heterocycles. The van der Waals surface area contributed by atoms with Gasteiger partial charge in [-0.1, -0.05) is 64.1 Å². The number of rotatable bonds is 19. The molecule has 2 aromatic carbocycles. The van der Waals surface area contributed by atoms with Crippen LogP contribution in [0.3, 0.4) is 0 Å². The Morgan fingerprint density at radius 3 is 2.00 bits per heavy atom. The quantitative estimate of drug-likeness (QED) is 0.0286. The first-order chi connectivity index (χ1) is 35.2. The van der Waals surface area contributed by atoms with Gasteiger partial charge in [0.2, 0.25) is 53.2 Å². The van der Waals surface area contributed by atoms with E-state index in [2.05, 4.69) is 42.2 Å². The molecule has 0 spiro atoms. The van der Waals surface area contributed by atoms with E-state index in [0.29, 0.717) is 17.5 Å². The van der Waals surface area contributed by atoms with Crippen LogP contribution in [0.1, 0.15) is 62.5 Å². The van der Waals surface area contributed by atoms with Gasteiger partial charge in [0.05, 0.1) is 13.0 Å². The number of aliphatic carboxylic acids is 2. The minimum absolute atomic E-state index is 0.00355. The number of carboxylic acid groups (broad SMARTS) is 2. The summed E-state index contributed by atoms with van der Waals surface area (Å²) < 4.78 is 0. The number of carbonyl (C=O) groups excluding carboxylic acids is 9. The van der Waals surface area contributed by atoms with Crippen LogP contribution < -0.4 is 54.4 Å². The second-order valence-corrected chi connectivity index (χ2v) is 19.8. The second kappa shape index (κ2) is 29.8. The van der Waals surface area contributed by atoms with Gasteiger partial charge in [0.25, 0.3) is 0 Å². The first-order valence-electron chi connectivity index (χ1n) is 23.4. The molecule has 7 atom stereocenters. The van der Waals surface area contributed by atoms with Gasteiger partial charge >= 0.3 is 11.9 Å². The third kappa shape index (κ3) is 20.1. The number of aromatic hydroxyl groups is 1. The Morgan fingerprint density at radius 2 is 1.36 bits per heavy atom. The van der Waals surface area contributed by atoms with Crippen LogP contribution >= 0.6 is 21.6 Å². The minimum atomic E-state index is -1.93. The SMILES string of the molecule is NC(=O)CNC(=O)[C@@H](CCCN=C(N)N)NC(=O)[C@@H]1CCCN1C(=O)[C@@H]1CSSCCC(=O)N[C@@H](Cc2ccc(O)cc2)C(=O)N[C@@H](Cc2ccccc2)C(=O)N[C@@H](CCC(=O)O)C(=O)N[C@@H](CC(=O)O)C(=O)N1. The number of nitrogens with zero attached hydrogens (tertiary/aromatic N) is 2. The summed E-state index contributed by atoms with van der Waals surface area (Å²) in [7, 11) is 2.12. The third-order valence-electron chi connectivity index (χ3n) is 11.4. The molecule has 2 fully saturated rings. The highest BCUT2D eigenvalue weighted by molar-refractivity contribution is 8.76. The molecular weight excluding hydrogens is 1010 g/mol. The molecule has 2 aromatic rings. The lowest BCUT2D eigenvalue weighted by Crippen LogP contribution is -2.61. The molecular formula is C46H62N12O14S2. The van der Waals surface area contributed by atoms with Crippen molar-refractivity contribution in [2.75, 3.05) is 31.1 Å². The van der Waals surface area contributed by atoms with E-state index in [-0.39, 0.29) is 74.8 Å². The monoisotopic (exact) mass is 1070 g/mol. The average Bonchev–Trinajstić information content (AvgIpc) is 3.85. The molecule has 28 heteroatoms. The van der Waals surface area contributed by atoms with Crippen molar-refractivity contribution in [3.05, 3.63) is 65.7 Å². The average molecular weight is 1070 g/mol. The van der Waals surface area contributed by atoms with Crippen LogP contribution in [-0.4, -0.2) is 165 Å². The van der Waals surface area contributed by atoms with Gasteiger partial charge in [0.15, 0.2) is 5.96 Å². The molecule has 2 saturated heterocycles. The van der Waals surface area contributed by atoms with E-state index in [9.17, 15) is 68.1 Å². The van der Waals surface area contributed by atoms with E-state index in [1.807, 2.05) is 0 Å². The standard InChI is InChI=1S/C46H62N12O14S2/c47-35(60)23-51-39(66)28(8-4-17-50-46(48)49)54-44(71)34-9-5-18-58(34)45(72)33-24-74-73-19-16-36(61)52-30(21-26-10-12-27(59)13-11-26)41(68)55-31(20-25-6-2-1-3-7-25)42(69)53-29(14-15-37(62)63)40(67)56-32(22-38(64)65)43(70)57-33/h1-3,6-7,10-13,28-34,59H,4-5,8-9,14-24H2,(H2,47,60)(H,51,66)(H,52,61)(H,53,69)(H,54,71)(H,55,68)(H,56,67)(H,57,70)(H,62,63)(H,64,65)(H4,48,49,50)/t28-,29+,30+,31+,32+,33+,34+/m1/s1. The Hall–Kier alpha value is -7.62. The maximum atomic E-state index is 14.5. The fourth-order valence-corrected chi connectivity index (χ4v) is 9.88. The second-order valence-electron chi connectivity index (χ2n) is 17.2. The summed E-state index contributed by atoms with van der Waals surface area (Å²) in [5.41, 5.74) is 17.1. The number of hydrogen-bond donors (Lipinski definition) is 13. The smallest absolute Gasteiger partial charge is 0.305 e. The Morgan fingerprint density at radius 1 is 0.757 bits per heavy atom. The fourth-order valence-electron chi connectivity index (χ4n) is 7.74.